The molecule has 0 aromatic heterocycles. The minimum atomic E-state index is -0.672. The van der Waals surface area contributed by atoms with Gasteiger partial charge in [-0.3, -0.25) is 4.79 Å². The predicted molar refractivity (Wildman–Crippen MR) is 77.8 cm³/mol. The Morgan fingerprint density at radius 3 is 2.52 bits per heavy atom. The summed E-state index contributed by atoms with van der Waals surface area (Å²) >= 11 is 0. The number of hydrogen-bond acceptors (Lipinski definition) is 4. The van der Waals surface area contributed by atoms with E-state index in [9.17, 15) is 9.90 Å². The zero-order valence-electron chi connectivity index (χ0n) is 12.9. The van der Waals surface area contributed by atoms with Crippen molar-refractivity contribution < 1.29 is 54.6 Å². The number of hydrogen-bond donors (Lipinski definition) is 2. The summed E-state index contributed by atoms with van der Waals surface area (Å²) in [7, 11) is 0. The summed E-state index contributed by atoms with van der Waals surface area (Å²) in [5.41, 5.74) is 0. The van der Waals surface area contributed by atoms with E-state index in [0.717, 1.165) is 6.42 Å². The third-order valence-electron chi connectivity index (χ3n) is 4.31. The third kappa shape index (κ3) is 6.26. The molecule has 2 aliphatic rings. The Bertz CT molecular complexity index is 322. The van der Waals surface area contributed by atoms with Crippen LogP contribution < -0.4 is 5.32 Å². The number of amides is 1. The zero-order valence-corrected chi connectivity index (χ0v) is 15.2. The standard InChI is InChI=1S/C15H28N2O3.Gd/c1-10(2)17-12(8-11-6-4-3-5-7-11)14(18)13-9-16-15(19)20-13;/h10-14,17-18H,3-9H2,1-2H3,(H,16,19);/p-1/t12-,13-,14+;/m0./s1. The fourth-order valence-corrected chi connectivity index (χ4v) is 3.32. The number of cyclic esters (lactones) is 1. The van der Waals surface area contributed by atoms with Crippen LogP contribution in [0.3, 0.4) is 0 Å². The van der Waals surface area contributed by atoms with E-state index < -0.39 is 18.3 Å². The van der Waals surface area contributed by atoms with Gasteiger partial charge >= 0.3 is 0 Å². The Kier molecular flexibility index (Phi) is 8.95. The summed E-state index contributed by atoms with van der Waals surface area (Å²) in [5, 5.41) is 17.6. The van der Waals surface area contributed by atoms with Crippen LogP contribution in [0.2, 0.25) is 0 Å². The molecule has 1 aliphatic carbocycles. The summed E-state index contributed by atoms with van der Waals surface area (Å²) in [6.07, 6.45) is 5.67. The van der Waals surface area contributed by atoms with Crippen molar-refractivity contribution >= 4 is 6.09 Å². The molecule has 1 saturated carbocycles. The van der Waals surface area contributed by atoms with Crippen molar-refractivity contribution in [3.05, 3.63) is 5.32 Å². The van der Waals surface area contributed by atoms with Crippen LogP contribution in [0.5, 0.6) is 0 Å². The minimum Gasteiger partial charge on any atom is -0.614 e. The topological polar surface area (TPSA) is 72.7 Å². The summed E-state index contributed by atoms with van der Waals surface area (Å²) in [4.78, 5) is 11.1. The second kappa shape index (κ2) is 9.61. The van der Waals surface area contributed by atoms with E-state index in [1.165, 1.54) is 32.1 Å². The summed E-state index contributed by atoms with van der Waals surface area (Å²) in [6, 6.07) is 0.275. The smallest absolute Gasteiger partial charge is 0.229 e. The van der Waals surface area contributed by atoms with E-state index in [0.29, 0.717) is 12.0 Å². The number of carbonyl (C=O) groups excluding carboxylic acids is 1. The van der Waals surface area contributed by atoms with Crippen LogP contribution >= 0.6 is 0 Å². The molecule has 1 aliphatic heterocycles. The van der Waals surface area contributed by atoms with Crippen LogP contribution in [0.15, 0.2) is 0 Å². The molecule has 5 nitrogen and oxygen atoms in total. The number of rotatable bonds is 6. The predicted octanol–water partition coefficient (Wildman–Crippen LogP) is 2.58. The first-order valence-electron chi connectivity index (χ1n) is 7.88. The van der Waals surface area contributed by atoms with Crippen molar-refractivity contribution in [1.29, 1.82) is 0 Å². The SMILES string of the molecule is CC(C)N[C@@H](CC1CCCCC1)[C@@H](O)[C@@H]1C[N-]C(=O)O1.[Gd]. The van der Waals surface area contributed by atoms with Crippen LogP contribution in [0.1, 0.15) is 52.4 Å². The Balaban J connectivity index is 0.00000220. The quantitative estimate of drug-likeness (QED) is 0.666. The zero-order chi connectivity index (χ0) is 14.5. The molecule has 2 rings (SSSR count). The first-order chi connectivity index (χ1) is 9.56. The van der Waals surface area contributed by atoms with Gasteiger partial charge in [0.05, 0.1) is 0 Å². The second-order valence-electron chi connectivity index (χ2n) is 6.42. The summed E-state index contributed by atoms with van der Waals surface area (Å²) in [6.45, 7) is 4.43. The first kappa shape index (κ1) is 19.6. The summed E-state index contributed by atoms with van der Waals surface area (Å²) in [5.74, 6) is 0.670. The van der Waals surface area contributed by atoms with Gasteiger partial charge in [0.1, 0.15) is 12.2 Å². The average molecular weight is 441 g/mol. The van der Waals surface area contributed by atoms with E-state index in [4.69, 9.17) is 4.74 Å². The largest absolute Gasteiger partial charge is 0.614 e. The van der Waals surface area contributed by atoms with Gasteiger partial charge in [0.15, 0.2) is 0 Å². The van der Waals surface area contributed by atoms with E-state index >= 15 is 0 Å². The molecule has 0 spiro atoms. The Morgan fingerprint density at radius 1 is 1.33 bits per heavy atom. The number of aliphatic hydroxyl groups excluding tert-OH is 1. The van der Waals surface area contributed by atoms with Gasteiger partial charge in [0.2, 0.25) is 6.09 Å². The third-order valence-corrected chi connectivity index (χ3v) is 4.31. The molecule has 0 unspecified atom stereocenters. The maximum absolute atomic E-state index is 11.1. The van der Waals surface area contributed by atoms with E-state index in [2.05, 4.69) is 24.5 Å². The Labute approximate surface area is 159 Å². The van der Waals surface area contributed by atoms with Crippen molar-refractivity contribution in [1.82, 2.24) is 5.32 Å². The van der Waals surface area contributed by atoms with Crippen LogP contribution in [-0.2, 0) is 4.74 Å². The molecule has 2 N–H and O–H groups in total. The van der Waals surface area contributed by atoms with Crippen molar-refractivity contribution in [2.45, 2.75) is 76.7 Å². The van der Waals surface area contributed by atoms with Crippen molar-refractivity contribution in [2.75, 3.05) is 6.54 Å². The van der Waals surface area contributed by atoms with Gasteiger partial charge in [-0.25, -0.2) is 0 Å². The molecule has 124 valence electrons. The van der Waals surface area contributed by atoms with Crippen LogP contribution in [-0.4, -0.2) is 42.0 Å². The molecule has 1 saturated heterocycles. The van der Waals surface area contributed by atoms with Crippen molar-refractivity contribution in [3.63, 3.8) is 0 Å². The Morgan fingerprint density at radius 2 is 2.00 bits per heavy atom. The molecule has 0 aromatic carbocycles. The van der Waals surface area contributed by atoms with Gasteiger partial charge in [0, 0.05) is 52.0 Å². The van der Waals surface area contributed by atoms with Gasteiger partial charge < -0.3 is 20.5 Å². The molecule has 3 atom stereocenters. The number of ether oxygens (including phenoxy) is 1. The van der Waals surface area contributed by atoms with Gasteiger partial charge in [-0.2, -0.15) is 0 Å². The molecule has 21 heavy (non-hydrogen) atoms. The van der Waals surface area contributed by atoms with Crippen LogP contribution in [0, 0.1) is 45.9 Å². The number of nitrogens with one attached hydrogen (secondary N) is 1. The monoisotopic (exact) mass is 441 g/mol. The maximum atomic E-state index is 11.1. The molecule has 0 aromatic rings. The molecule has 1 heterocycles. The fraction of sp³-hybridized carbons (Fsp3) is 0.933. The van der Waals surface area contributed by atoms with E-state index in [1.807, 2.05) is 0 Å². The molecule has 0 bridgehead atoms. The minimum absolute atomic E-state index is 0. The molecule has 1 amide bonds. The molecule has 2 fully saturated rings. The fourth-order valence-electron chi connectivity index (χ4n) is 3.32. The number of carbonyl (C=O) groups is 1. The van der Waals surface area contributed by atoms with E-state index in [-0.39, 0.29) is 52.5 Å². The molecule has 6 heteroatoms. The number of aliphatic hydroxyl groups is 1. The maximum Gasteiger partial charge on any atom is 0.229 e. The van der Waals surface area contributed by atoms with Crippen LogP contribution in [0.25, 0.3) is 5.32 Å². The molecule has 0 radical (unpaired) electrons. The molecular weight excluding hydrogens is 413 g/mol. The number of nitrogens with zero attached hydrogens (tertiary/aromatic N) is 1. The second-order valence-corrected chi connectivity index (χ2v) is 6.42. The Hall–Kier alpha value is 0.515. The molecular formula is C15H27GdN2O3-. The first-order valence-corrected chi connectivity index (χ1v) is 7.88. The van der Waals surface area contributed by atoms with Crippen LogP contribution in [0.4, 0.5) is 4.79 Å². The van der Waals surface area contributed by atoms with Crippen molar-refractivity contribution in [3.8, 4) is 0 Å². The summed E-state index contributed by atoms with van der Waals surface area (Å²) < 4.78 is 5.08. The van der Waals surface area contributed by atoms with Gasteiger partial charge in [0.25, 0.3) is 0 Å². The van der Waals surface area contributed by atoms with Gasteiger partial charge in [-0.1, -0.05) is 52.5 Å². The van der Waals surface area contributed by atoms with Gasteiger partial charge in [-0.15, -0.1) is 0 Å². The van der Waals surface area contributed by atoms with E-state index in [1.54, 1.807) is 0 Å². The average Bonchev–Trinajstić information content (AvgIpc) is 2.84. The normalized spacial score (nSPS) is 25.9. The van der Waals surface area contributed by atoms with Crippen molar-refractivity contribution in [2.24, 2.45) is 5.92 Å². The van der Waals surface area contributed by atoms with Gasteiger partial charge in [-0.05, 0) is 12.3 Å².